The highest BCUT2D eigenvalue weighted by atomic mass is 16.6. The third kappa shape index (κ3) is 23.3. The molecule has 4 aliphatic heterocycles. The van der Waals surface area contributed by atoms with Crippen molar-refractivity contribution >= 4 is 63.2 Å². The first-order chi connectivity index (χ1) is 56.1. The highest BCUT2D eigenvalue weighted by Crippen LogP contribution is 2.35. The smallest absolute Gasteiger partial charge is 0.410 e. The number of nitrogens with one attached hydrogen (secondary N) is 6. The monoisotopic (exact) mass is 1590 g/mol. The summed E-state index contributed by atoms with van der Waals surface area (Å²) in [6.07, 6.45) is 15.2. The van der Waals surface area contributed by atoms with E-state index in [1.165, 1.54) is 46.7 Å². The number of anilines is 2. The van der Waals surface area contributed by atoms with Crippen LogP contribution in [0.25, 0.3) is 44.3 Å². The van der Waals surface area contributed by atoms with Gasteiger partial charge >= 0.3 is 12.1 Å². The zero-order chi connectivity index (χ0) is 81.8. The van der Waals surface area contributed by atoms with Gasteiger partial charge in [-0.25, -0.2) is 28.9 Å². The number of amides is 4. The molecule has 8 heterocycles. The standard InChI is InChI=1S/C44H53N7O3.C25H31N5O4.C24H32N2O2.CH4/c1-4-40-38(41(49-37-14-18-54-19-15-37)39-28-48-51(5-2)42(39)50-40)27-47-44(53)36-21-29(3)20-35(25-36)43(52)46-26-32-9-7-11-34(24-32)33-10-6-8-31(23-33)22-30-12-16-45-17-13-30;1-4-21-19(13-26-24(31)16-10-15(3)11-17(12-16)25(32)33)22(28-18-6-8-34-9-7-18)20-14-27-30(5-2)23(20)29-21;1-24(2,3)28-23(27)26-12-10-18(11-13-26)14-19-6-4-8-21(15-19)22-9-5-7-20(16-22)17-25;/h6-11,20-21,23-25,28,30,37,45H,4-5,12-19,22,26-27H2,1-3H3,(H,46,52)(H,47,53)(H,49,50);10-12,14,18H,4-9,13H2,1-3H3,(H,26,31)(H,28,29)(H,32,33);4-9,15-16,18H,10-14,17,25H2,1-3H3;1H4. The SMILES string of the molecule is C.CC(C)(C)OC(=O)N1CCC(Cc2cccc(-c3cccc(CN)c3)c2)CC1.CCc1nc2c(cnn2CC)c(NC2CCOCC2)c1CNC(=O)c1cc(C)cc(C(=O)NCc2cccc(-c3cccc(CC4CCNCC4)c3)c2)c1.CCc1nc2c(cnn2CC)c(NC2CCOCC2)c1CNC(=O)c1cc(C)cc(C(=O)O)c1. The maximum atomic E-state index is 13.7. The highest BCUT2D eigenvalue weighted by Gasteiger charge is 2.29. The lowest BCUT2D eigenvalue weighted by Crippen LogP contribution is -2.42. The first-order valence-corrected chi connectivity index (χ1v) is 41.6. The largest absolute Gasteiger partial charge is 0.478 e. The van der Waals surface area contributed by atoms with E-state index < -0.39 is 11.6 Å². The predicted octanol–water partition coefficient (Wildman–Crippen LogP) is 16.2. The Kier molecular flexibility index (Phi) is 30.7. The molecule has 14 rings (SSSR count). The molecule has 10 aromatic rings. The molecule has 0 aliphatic carbocycles. The third-order valence-electron chi connectivity index (χ3n) is 22.2. The van der Waals surface area contributed by atoms with Crippen LogP contribution in [0.3, 0.4) is 0 Å². The molecule has 23 nitrogen and oxygen atoms in total. The lowest BCUT2D eigenvalue weighted by atomic mass is 9.89. The lowest BCUT2D eigenvalue weighted by molar-refractivity contribution is 0.0183. The van der Waals surface area contributed by atoms with Crippen molar-refractivity contribution in [3.8, 4) is 22.3 Å². The molecule has 4 fully saturated rings. The first-order valence-electron chi connectivity index (χ1n) is 41.6. The molecule has 0 radical (unpaired) electrons. The number of aromatic nitrogens is 6. The molecule has 4 aliphatic rings. The summed E-state index contributed by atoms with van der Waals surface area (Å²) in [6.45, 7) is 27.2. The van der Waals surface area contributed by atoms with Crippen molar-refractivity contribution in [3.05, 3.63) is 224 Å². The van der Waals surface area contributed by atoms with Crippen LogP contribution in [0.2, 0.25) is 0 Å². The molecular weight excluding hydrogens is 1470 g/mol. The first kappa shape index (κ1) is 87.0. The summed E-state index contributed by atoms with van der Waals surface area (Å²) in [6, 6.07) is 44.9. The Bertz CT molecular complexity index is 5060. The van der Waals surface area contributed by atoms with Gasteiger partial charge in [0.2, 0.25) is 0 Å². The number of fused-ring (bicyclic) bond motifs is 2. The Balaban J connectivity index is 0.000000184. The summed E-state index contributed by atoms with van der Waals surface area (Å²) in [5.41, 5.74) is 25.2. The number of nitrogens with zero attached hydrogens (tertiary/aromatic N) is 7. The van der Waals surface area contributed by atoms with Crippen LogP contribution in [-0.4, -0.2) is 140 Å². The van der Waals surface area contributed by atoms with Gasteiger partial charge in [0.25, 0.3) is 17.7 Å². The Morgan fingerprint density at radius 2 is 0.915 bits per heavy atom. The Morgan fingerprint density at radius 3 is 1.33 bits per heavy atom. The Labute approximate surface area is 689 Å². The summed E-state index contributed by atoms with van der Waals surface area (Å²) in [7, 11) is 0. The van der Waals surface area contributed by atoms with Crippen molar-refractivity contribution in [2.45, 2.75) is 204 Å². The van der Waals surface area contributed by atoms with Crippen LogP contribution in [-0.2, 0) is 79.2 Å². The minimum atomic E-state index is -1.06. The Morgan fingerprint density at radius 1 is 0.521 bits per heavy atom. The van der Waals surface area contributed by atoms with Gasteiger partial charge in [0.1, 0.15) is 5.60 Å². The summed E-state index contributed by atoms with van der Waals surface area (Å²) < 4.78 is 20.4. The maximum absolute atomic E-state index is 13.7. The number of piperidine rings is 2. The summed E-state index contributed by atoms with van der Waals surface area (Å²) in [5.74, 6) is -0.519. The van der Waals surface area contributed by atoms with Crippen molar-refractivity contribution < 1.29 is 43.3 Å². The van der Waals surface area contributed by atoms with Gasteiger partial charge in [0.15, 0.2) is 11.3 Å². The van der Waals surface area contributed by atoms with Crippen LogP contribution in [0.1, 0.15) is 205 Å². The number of hydrogen-bond donors (Lipinski definition) is 8. The number of benzene rings is 6. The molecule has 9 N–H and O–H groups in total. The third-order valence-corrected chi connectivity index (χ3v) is 22.2. The molecule has 6 aromatic carbocycles. The number of likely N-dealkylation sites (tertiary alicyclic amines) is 1. The zero-order valence-electron chi connectivity index (χ0n) is 69.0. The van der Waals surface area contributed by atoms with Crippen molar-refractivity contribution in [1.82, 2.24) is 55.7 Å². The van der Waals surface area contributed by atoms with E-state index in [-0.39, 0.29) is 55.4 Å². The van der Waals surface area contributed by atoms with Gasteiger partial charge in [-0.3, -0.25) is 14.4 Å². The van der Waals surface area contributed by atoms with E-state index in [2.05, 4.69) is 141 Å². The molecule has 0 unspecified atom stereocenters. The van der Waals surface area contributed by atoms with Gasteiger partial charge in [-0.05, 0) is 255 Å². The number of nitrogens with two attached hydrogens (primary N) is 1. The summed E-state index contributed by atoms with van der Waals surface area (Å²) in [5, 5.41) is 40.5. The molecule has 23 heteroatoms. The normalized spacial score (nSPS) is 14.9. The molecule has 4 aromatic heterocycles. The van der Waals surface area contributed by atoms with E-state index in [1.807, 2.05) is 92.5 Å². The molecule has 620 valence electrons. The topological polar surface area (TPSA) is 296 Å². The minimum Gasteiger partial charge on any atom is -0.478 e. The average molecular weight is 1590 g/mol. The minimum absolute atomic E-state index is 0. The van der Waals surface area contributed by atoms with Gasteiger partial charge in [-0.15, -0.1) is 0 Å². The molecule has 0 bridgehead atoms. The molecule has 0 atom stereocenters. The summed E-state index contributed by atoms with van der Waals surface area (Å²) >= 11 is 0. The number of carboxylic acid groups (broad SMARTS) is 1. The molecule has 4 amide bonds. The van der Waals surface area contributed by atoms with Gasteiger partial charge in [0.05, 0.1) is 40.1 Å². The Hall–Kier alpha value is -10.8. The van der Waals surface area contributed by atoms with Crippen LogP contribution in [0.15, 0.2) is 146 Å². The van der Waals surface area contributed by atoms with Gasteiger partial charge < -0.3 is 61.9 Å². The fraction of sp³-hybridized carbons (Fsp3) is 0.436. The van der Waals surface area contributed by atoms with E-state index in [0.717, 1.165) is 187 Å². The molecule has 0 saturated carbocycles. The predicted molar refractivity (Wildman–Crippen MR) is 465 cm³/mol. The van der Waals surface area contributed by atoms with Gasteiger partial charge in [-0.2, -0.15) is 10.2 Å². The van der Waals surface area contributed by atoms with Crippen molar-refractivity contribution in [2.75, 3.05) is 63.2 Å². The number of rotatable bonds is 25. The molecule has 117 heavy (non-hydrogen) atoms. The second kappa shape index (κ2) is 41.3. The summed E-state index contributed by atoms with van der Waals surface area (Å²) in [4.78, 5) is 75.6. The number of ether oxygens (including phenoxy) is 3. The second-order valence-electron chi connectivity index (χ2n) is 32.0. The number of aryl methyl sites for hydroxylation is 6. The van der Waals surface area contributed by atoms with Crippen LogP contribution >= 0.6 is 0 Å². The van der Waals surface area contributed by atoms with Crippen LogP contribution in [0, 0.1) is 25.7 Å². The van der Waals surface area contributed by atoms with Crippen LogP contribution < -0.4 is 37.6 Å². The van der Waals surface area contributed by atoms with Crippen LogP contribution in [0.4, 0.5) is 16.2 Å². The number of carbonyl (C=O) groups is 5. The van der Waals surface area contributed by atoms with E-state index in [0.29, 0.717) is 74.8 Å². The van der Waals surface area contributed by atoms with E-state index in [4.69, 9.17) is 29.9 Å². The number of pyridine rings is 2. The number of aromatic carboxylic acids is 1. The average Bonchev–Trinajstić information content (AvgIpc) is 1.68. The van der Waals surface area contributed by atoms with E-state index in [9.17, 15) is 29.1 Å². The second-order valence-corrected chi connectivity index (χ2v) is 32.0. The van der Waals surface area contributed by atoms with Crippen molar-refractivity contribution in [1.29, 1.82) is 0 Å². The molecule has 0 spiro atoms. The van der Waals surface area contributed by atoms with Crippen LogP contribution in [0.5, 0.6) is 0 Å². The molecule has 4 saturated heterocycles. The zero-order valence-corrected chi connectivity index (χ0v) is 69.0. The van der Waals surface area contributed by atoms with Crippen molar-refractivity contribution in [3.63, 3.8) is 0 Å². The number of carboxylic acids is 1. The van der Waals surface area contributed by atoms with Crippen molar-refractivity contribution in [2.24, 2.45) is 17.6 Å². The fourth-order valence-corrected chi connectivity index (χ4v) is 16.0. The van der Waals surface area contributed by atoms with E-state index >= 15 is 0 Å². The highest BCUT2D eigenvalue weighted by molar-refractivity contribution is 6.01. The van der Waals surface area contributed by atoms with Gasteiger partial charge in [0, 0.05) is 130 Å². The van der Waals surface area contributed by atoms with E-state index in [1.54, 1.807) is 25.1 Å². The van der Waals surface area contributed by atoms with Gasteiger partial charge in [-0.1, -0.05) is 106 Å². The quantitative estimate of drug-likeness (QED) is 0.0264. The fourth-order valence-electron chi connectivity index (χ4n) is 16.0. The number of carbonyl (C=O) groups excluding carboxylic acids is 4. The maximum Gasteiger partial charge on any atom is 0.410 e. The molecular formula is C94H120N14O9. The lowest BCUT2D eigenvalue weighted by Gasteiger charge is -2.33. The number of hydrogen-bond acceptors (Lipinski definition) is 16.